The second-order valence-electron chi connectivity index (χ2n) is 5.44. The fraction of sp³-hybridized carbons (Fsp3) is 0.615. The highest BCUT2D eigenvalue weighted by molar-refractivity contribution is 5.89. The van der Waals surface area contributed by atoms with Crippen LogP contribution in [0.3, 0.4) is 0 Å². The SMILES string of the molecule is CC1CCN(C(=O)Nc2cnn(CC(=O)O)c2)CC1C. The van der Waals surface area contributed by atoms with Crippen molar-refractivity contribution in [1.82, 2.24) is 14.7 Å². The molecule has 0 aromatic carbocycles. The van der Waals surface area contributed by atoms with Crippen LogP contribution < -0.4 is 5.32 Å². The molecule has 2 amide bonds. The number of piperidine rings is 1. The number of anilines is 1. The summed E-state index contributed by atoms with van der Waals surface area (Å²) in [6, 6.07) is -0.154. The van der Waals surface area contributed by atoms with Crippen LogP contribution in [0.15, 0.2) is 12.4 Å². The number of hydrogen-bond acceptors (Lipinski definition) is 3. The molecule has 1 aromatic rings. The second kappa shape index (κ2) is 5.94. The van der Waals surface area contributed by atoms with Gasteiger partial charge in [-0.15, -0.1) is 0 Å². The van der Waals surface area contributed by atoms with Crippen LogP contribution in [0.25, 0.3) is 0 Å². The summed E-state index contributed by atoms with van der Waals surface area (Å²) >= 11 is 0. The van der Waals surface area contributed by atoms with Crippen molar-refractivity contribution in [3.05, 3.63) is 12.4 Å². The molecule has 0 saturated carbocycles. The van der Waals surface area contributed by atoms with Gasteiger partial charge in [-0.2, -0.15) is 5.10 Å². The lowest BCUT2D eigenvalue weighted by Gasteiger charge is -2.35. The molecule has 2 rings (SSSR count). The molecule has 20 heavy (non-hydrogen) atoms. The first-order valence-corrected chi connectivity index (χ1v) is 6.76. The molecular weight excluding hydrogens is 260 g/mol. The number of nitrogens with zero attached hydrogens (tertiary/aromatic N) is 3. The summed E-state index contributed by atoms with van der Waals surface area (Å²) in [6.45, 7) is 5.63. The molecule has 2 unspecified atom stereocenters. The Morgan fingerprint density at radius 2 is 2.20 bits per heavy atom. The zero-order chi connectivity index (χ0) is 14.7. The zero-order valence-corrected chi connectivity index (χ0v) is 11.7. The van der Waals surface area contributed by atoms with Gasteiger partial charge in [-0.3, -0.25) is 9.48 Å². The smallest absolute Gasteiger partial charge is 0.325 e. The molecule has 1 aliphatic rings. The Balaban J connectivity index is 1.91. The quantitative estimate of drug-likeness (QED) is 0.877. The Morgan fingerprint density at radius 3 is 2.85 bits per heavy atom. The molecule has 7 nitrogen and oxygen atoms in total. The minimum atomic E-state index is -0.968. The Kier molecular flexibility index (Phi) is 4.26. The van der Waals surface area contributed by atoms with Gasteiger partial charge in [-0.25, -0.2) is 4.79 Å². The van der Waals surface area contributed by atoms with Crippen molar-refractivity contribution < 1.29 is 14.7 Å². The number of amides is 2. The highest BCUT2D eigenvalue weighted by Gasteiger charge is 2.25. The van der Waals surface area contributed by atoms with Crippen molar-refractivity contribution >= 4 is 17.7 Å². The van der Waals surface area contributed by atoms with E-state index in [1.165, 1.54) is 17.1 Å². The number of carboxylic acids is 1. The molecule has 110 valence electrons. The normalized spacial score (nSPS) is 22.6. The molecule has 2 N–H and O–H groups in total. The first-order valence-electron chi connectivity index (χ1n) is 6.76. The number of aromatic nitrogens is 2. The standard InChI is InChI=1S/C13H20N4O3/c1-9-3-4-16(6-10(9)2)13(20)15-11-5-14-17(7-11)8-12(18)19/h5,7,9-10H,3-4,6,8H2,1-2H3,(H,15,20)(H,18,19). The van der Waals surface area contributed by atoms with E-state index >= 15 is 0 Å². The topological polar surface area (TPSA) is 87.5 Å². The third kappa shape index (κ3) is 3.49. The van der Waals surface area contributed by atoms with Crippen LogP contribution in [0.2, 0.25) is 0 Å². The zero-order valence-electron chi connectivity index (χ0n) is 11.7. The third-order valence-corrected chi connectivity index (χ3v) is 3.80. The van der Waals surface area contributed by atoms with E-state index in [9.17, 15) is 9.59 Å². The molecule has 7 heteroatoms. The highest BCUT2D eigenvalue weighted by atomic mass is 16.4. The molecule has 1 fully saturated rings. The number of rotatable bonds is 3. The third-order valence-electron chi connectivity index (χ3n) is 3.80. The molecule has 0 spiro atoms. The van der Waals surface area contributed by atoms with Crippen LogP contribution in [0.5, 0.6) is 0 Å². The Labute approximate surface area is 117 Å². The number of nitrogens with one attached hydrogen (secondary N) is 1. The number of carbonyl (C=O) groups is 2. The van der Waals surface area contributed by atoms with Gasteiger partial charge in [0.15, 0.2) is 0 Å². The number of carbonyl (C=O) groups excluding carboxylic acids is 1. The lowest BCUT2D eigenvalue weighted by Crippen LogP contribution is -2.44. The van der Waals surface area contributed by atoms with Gasteiger partial charge in [-0.1, -0.05) is 13.8 Å². The van der Waals surface area contributed by atoms with Crippen molar-refractivity contribution in [2.75, 3.05) is 18.4 Å². The minimum Gasteiger partial charge on any atom is -0.480 e. The Bertz CT molecular complexity index is 500. The van der Waals surface area contributed by atoms with Gasteiger partial charge in [0.2, 0.25) is 0 Å². The first-order chi connectivity index (χ1) is 9.45. The van der Waals surface area contributed by atoms with Crippen molar-refractivity contribution in [2.24, 2.45) is 11.8 Å². The van der Waals surface area contributed by atoms with Crippen LogP contribution in [0, 0.1) is 11.8 Å². The molecule has 1 aliphatic heterocycles. The van der Waals surface area contributed by atoms with Gasteiger partial charge < -0.3 is 15.3 Å². The first kappa shape index (κ1) is 14.4. The predicted octanol–water partition coefficient (Wildman–Crippen LogP) is 1.48. The molecule has 0 radical (unpaired) electrons. The van der Waals surface area contributed by atoms with E-state index in [0.29, 0.717) is 17.5 Å². The lowest BCUT2D eigenvalue weighted by atomic mass is 9.89. The van der Waals surface area contributed by atoms with Crippen molar-refractivity contribution in [3.8, 4) is 0 Å². The summed E-state index contributed by atoms with van der Waals surface area (Å²) < 4.78 is 1.28. The van der Waals surface area contributed by atoms with E-state index in [-0.39, 0.29) is 12.6 Å². The largest absolute Gasteiger partial charge is 0.480 e. The van der Waals surface area contributed by atoms with Gasteiger partial charge in [0.1, 0.15) is 6.54 Å². The number of likely N-dealkylation sites (tertiary alicyclic amines) is 1. The van der Waals surface area contributed by atoms with Crippen LogP contribution in [0.1, 0.15) is 20.3 Å². The van der Waals surface area contributed by atoms with Gasteiger partial charge in [0, 0.05) is 19.3 Å². The van der Waals surface area contributed by atoms with Crippen molar-refractivity contribution in [2.45, 2.75) is 26.8 Å². The fourth-order valence-electron chi connectivity index (χ4n) is 2.30. The number of aliphatic carboxylic acids is 1. The summed E-state index contributed by atoms with van der Waals surface area (Å²) in [5.74, 6) is 0.159. The monoisotopic (exact) mass is 280 g/mol. The summed E-state index contributed by atoms with van der Waals surface area (Å²) in [7, 11) is 0. The highest BCUT2D eigenvalue weighted by Crippen LogP contribution is 2.22. The van der Waals surface area contributed by atoms with Gasteiger partial charge >= 0.3 is 12.0 Å². The van der Waals surface area contributed by atoms with Crippen LogP contribution in [-0.2, 0) is 11.3 Å². The van der Waals surface area contributed by atoms with E-state index in [2.05, 4.69) is 24.3 Å². The Morgan fingerprint density at radius 1 is 1.45 bits per heavy atom. The maximum absolute atomic E-state index is 12.1. The molecular formula is C13H20N4O3. The summed E-state index contributed by atoms with van der Waals surface area (Å²) in [6.07, 6.45) is 3.98. The molecule has 0 bridgehead atoms. The van der Waals surface area contributed by atoms with E-state index in [1.807, 2.05) is 0 Å². The molecule has 1 aromatic heterocycles. The lowest BCUT2D eigenvalue weighted by molar-refractivity contribution is -0.137. The van der Waals surface area contributed by atoms with Crippen LogP contribution >= 0.6 is 0 Å². The summed E-state index contributed by atoms with van der Waals surface area (Å²) in [5, 5.41) is 15.3. The molecule has 0 aliphatic carbocycles. The molecule has 2 heterocycles. The van der Waals surface area contributed by atoms with Gasteiger partial charge in [0.25, 0.3) is 0 Å². The van der Waals surface area contributed by atoms with Crippen LogP contribution in [-0.4, -0.2) is 44.9 Å². The Hall–Kier alpha value is -2.05. The summed E-state index contributed by atoms with van der Waals surface area (Å²) in [4.78, 5) is 24.5. The van der Waals surface area contributed by atoms with E-state index in [4.69, 9.17) is 5.11 Å². The second-order valence-corrected chi connectivity index (χ2v) is 5.44. The fourth-order valence-corrected chi connectivity index (χ4v) is 2.30. The maximum Gasteiger partial charge on any atom is 0.325 e. The summed E-state index contributed by atoms with van der Waals surface area (Å²) in [5.41, 5.74) is 0.516. The molecule has 2 atom stereocenters. The van der Waals surface area contributed by atoms with E-state index in [1.54, 1.807) is 4.90 Å². The minimum absolute atomic E-state index is 0.154. The van der Waals surface area contributed by atoms with Gasteiger partial charge in [-0.05, 0) is 18.3 Å². The molecule has 1 saturated heterocycles. The average molecular weight is 280 g/mol. The average Bonchev–Trinajstić information content (AvgIpc) is 2.79. The van der Waals surface area contributed by atoms with Crippen LogP contribution in [0.4, 0.5) is 10.5 Å². The number of urea groups is 1. The van der Waals surface area contributed by atoms with E-state index in [0.717, 1.165) is 19.5 Å². The maximum atomic E-state index is 12.1. The predicted molar refractivity (Wildman–Crippen MR) is 73.4 cm³/mol. The number of carboxylic acid groups (broad SMARTS) is 1. The van der Waals surface area contributed by atoms with Gasteiger partial charge in [0.05, 0.1) is 11.9 Å². The van der Waals surface area contributed by atoms with Crippen molar-refractivity contribution in [3.63, 3.8) is 0 Å². The number of hydrogen-bond donors (Lipinski definition) is 2. The van der Waals surface area contributed by atoms with Crippen molar-refractivity contribution in [1.29, 1.82) is 0 Å². The van der Waals surface area contributed by atoms with E-state index < -0.39 is 5.97 Å².